The predicted octanol–water partition coefficient (Wildman–Crippen LogP) is 2.38. The van der Waals surface area contributed by atoms with Crippen LogP contribution >= 0.6 is 0 Å². The van der Waals surface area contributed by atoms with Crippen molar-refractivity contribution in [1.82, 2.24) is 5.32 Å². The van der Waals surface area contributed by atoms with E-state index in [1.165, 1.54) is 25.7 Å². The lowest BCUT2D eigenvalue weighted by atomic mass is 10.0. The normalized spacial score (nSPS) is 15.8. The molecule has 1 aromatic carbocycles. The van der Waals surface area contributed by atoms with Crippen molar-refractivity contribution in [1.29, 1.82) is 0 Å². The van der Waals surface area contributed by atoms with Crippen molar-refractivity contribution in [2.45, 2.75) is 45.3 Å². The molecule has 3 heteroatoms. The summed E-state index contributed by atoms with van der Waals surface area (Å²) in [6.45, 7) is 0.600. The maximum atomic E-state index is 11.8. The Labute approximate surface area is 108 Å². The van der Waals surface area contributed by atoms with Gasteiger partial charge in [-0.05, 0) is 29.9 Å². The minimum absolute atomic E-state index is 0.0455. The summed E-state index contributed by atoms with van der Waals surface area (Å²) in [5.74, 6) is 0.741. The van der Waals surface area contributed by atoms with Gasteiger partial charge in [-0.3, -0.25) is 4.79 Å². The SMILES string of the molecule is O=C(CC1CCCC1)NCc1cccc(CO)c1. The van der Waals surface area contributed by atoms with Gasteiger partial charge in [0.1, 0.15) is 0 Å². The molecular weight excluding hydrogens is 226 g/mol. The Kier molecular flexibility index (Phi) is 4.76. The zero-order valence-electron chi connectivity index (χ0n) is 10.7. The van der Waals surface area contributed by atoms with Gasteiger partial charge >= 0.3 is 0 Å². The number of hydrogen-bond acceptors (Lipinski definition) is 2. The molecule has 18 heavy (non-hydrogen) atoms. The Hall–Kier alpha value is -1.35. The molecule has 0 saturated heterocycles. The number of carbonyl (C=O) groups is 1. The number of benzene rings is 1. The standard InChI is InChI=1S/C15H21NO2/c17-11-14-7-3-6-13(8-14)10-16-15(18)9-12-4-1-2-5-12/h3,6-8,12,17H,1-2,4-5,9-11H2,(H,16,18). The van der Waals surface area contributed by atoms with Gasteiger partial charge in [0.05, 0.1) is 6.61 Å². The number of rotatable bonds is 5. The Balaban J connectivity index is 1.77. The van der Waals surface area contributed by atoms with Gasteiger partial charge in [-0.15, -0.1) is 0 Å². The largest absolute Gasteiger partial charge is 0.392 e. The summed E-state index contributed by atoms with van der Waals surface area (Å²) in [5, 5.41) is 12.0. The molecule has 0 spiro atoms. The Morgan fingerprint density at radius 3 is 2.72 bits per heavy atom. The molecule has 1 fully saturated rings. The Morgan fingerprint density at radius 1 is 1.28 bits per heavy atom. The number of nitrogens with one attached hydrogen (secondary N) is 1. The summed E-state index contributed by atoms with van der Waals surface area (Å²) >= 11 is 0. The van der Waals surface area contributed by atoms with Crippen LogP contribution < -0.4 is 5.32 Å². The summed E-state index contributed by atoms with van der Waals surface area (Å²) in [6.07, 6.45) is 5.62. The lowest BCUT2D eigenvalue weighted by Gasteiger charge is -2.10. The molecule has 98 valence electrons. The van der Waals surface area contributed by atoms with Crippen LogP contribution in [0, 0.1) is 5.92 Å². The molecule has 2 N–H and O–H groups in total. The van der Waals surface area contributed by atoms with Crippen LogP contribution in [0.3, 0.4) is 0 Å². The molecule has 2 rings (SSSR count). The van der Waals surface area contributed by atoms with E-state index in [9.17, 15) is 4.79 Å². The monoisotopic (exact) mass is 247 g/mol. The van der Waals surface area contributed by atoms with Crippen molar-refractivity contribution >= 4 is 5.91 Å². The first kappa shape index (κ1) is 13.1. The molecule has 1 aromatic rings. The molecule has 1 saturated carbocycles. The van der Waals surface area contributed by atoms with Gasteiger partial charge in [-0.1, -0.05) is 37.1 Å². The van der Waals surface area contributed by atoms with Crippen LogP contribution in [0.15, 0.2) is 24.3 Å². The first-order chi connectivity index (χ1) is 8.78. The summed E-state index contributed by atoms with van der Waals surface area (Å²) in [5.41, 5.74) is 1.93. The van der Waals surface area contributed by atoms with Gasteiger partial charge in [0.15, 0.2) is 0 Å². The molecule has 0 radical (unpaired) electrons. The summed E-state index contributed by atoms with van der Waals surface area (Å²) in [6, 6.07) is 7.68. The summed E-state index contributed by atoms with van der Waals surface area (Å²) < 4.78 is 0. The van der Waals surface area contributed by atoms with E-state index in [1.54, 1.807) is 0 Å². The number of aliphatic hydroxyl groups excluding tert-OH is 1. The van der Waals surface area contributed by atoms with Gasteiger partial charge in [0, 0.05) is 13.0 Å². The van der Waals surface area contributed by atoms with Crippen molar-refractivity contribution in [2.75, 3.05) is 0 Å². The highest BCUT2D eigenvalue weighted by Crippen LogP contribution is 2.27. The highest BCUT2D eigenvalue weighted by Gasteiger charge is 2.17. The van der Waals surface area contributed by atoms with Crippen LogP contribution in [0.25, 0.3) is 0 Å². The summed E-state index contributed by atoms with van der Waals surface area (Å²) in [4.78, 5) is 11.8. The van der Waals surface area contributed by atoms with E-state index < -0.39 is 0 Å². The third kappa shape index (κ3) is 3.84. The fraction of sp³-hybridized carbons (Fsp3) is 0.533. The topological polar surface area (TPSA) is 49.3 Å². The molecule has 1 aliphatic carbocycles. The van der Waals surface area contributed by atoms with Crippen molar-refractivity contribution < 1.29 is 9.90 Å². The van der Waals surface area contributed by atoms with E-state index >= 15 is 0 Å². The average Bonchev–Trinajstić information content (AvgIpc) is 2.89. The number of hydrogen-bond donors (Lipinski definition) is 2. The Bertz CT molecular complexity index is 397. The number of carbonyl (C=O) groups excluding carboxylic acids is 1. The molecule has 1 amide bonds. The average molecular weight is 247 g/mol. The first-order valence-corrected chi connectivity index (χ1v) is 6.73. The number of aliphatic hydroxyl groups is 1. The maximum Gasteiger partial charge on any atom is 0.220 e. The molecule has 0 bridgehead atoms. The molecule has 0 aromatic heterocycles. The highest BCUT2D eigenvalue weighted by molar-refractivity contribution is 5.76. The van der Waals surface area contributed by atoms with Crippen LogP contribution in [0.2, 0.25) is 0 Å². The van der Waals surface area contributed by atoms with Gasteiger partial charge in [-0.25, -0.2) is 0 Å². The maximum absolute atomic E-state index is 11.8. The van der Waals surface area contributed by atoms with E-state index in [4.69, 9.17) is 5.11 Å². The van der Waals surface area contributed by atoms with E-state index in [2.05, 4.69) is 5.32 Å². The van der Waals surface area contributed by atoms with E-state index in [1.807, 2.05) is 24.3 Å². The van der Waals surface area contributed by atoms with Gasteiger partial charge in [-0.2, -0.15) is 0 Å². The third-order valence-corrected chi connectivity index (χ3v) is 3.61. The second-order valence-electron chi connectivity index (χ2n) is 5.11. The Morgan fingerprint density at radius 2 is 2.00 bits per heavy atom. The fourth-order valence-corrected chi connectivity index (χ4v) is 2.59. The second kappa shape index (κ2) is 6.55. The molecule has 3 nitrogen and oxygen atoms in total. The molecule has 1 aliphatic rings. The van der Waals surface area contributed by atoms with E-state index in [0.29, 0.717) is 18.9 Å². The highest BCUT2D eigenvalue weighted by atomic mass is 16.3. The van der Waals surface area contributed by atoms with Crippen molar-refractivity contribution in [2.24, 2.45) is 5.92 Å². The van der Waals surface area contributed by atoms with Crippen LogP contribution in [0.4, 0.5) is 0 Å². The minimum Gasteiger partial charge on any atom is -0.392 e. The van der Waals surface area contributed by atoms with E-state index in [0.717, 1.165) is 11.1 Å². The zero-order chi connectivity index (χ0) is 12.8. The van der Waals surface area contributed by atoms with Gasteiger partial charge in [0.2, 0.25) is 5.91 Å². The quantitative estimate of drug-likeness (QED) is 0.839. The van der Waals surface area contributed by atoms with Crippen molar-refractivity contribution in [3.63, 3.8) is 0 Å². The number of amides is 1. The van der Waals surface area contributed by atoms with Crippen LogP contribution in [-0.2, 0) is 17.9 Å². The second-order valence-corrected chi connectivity index (χ2v) is 5.11. The van der Waals surface area contributed by atoms with Gasteiger partial charge in [0.25, 0.3) is 0 Å². The molecule has 0 heterocycles. The fourth-order valence-electron chi connectivity index (χ4n) is 2.59. The lowest BCUT2D eigenvalue weighted by molar-refractivity contribution is -0.122. The van der Waals surface area contributed by atoms with Crippen LogP contribution in [0.1, 0.15) is 43.2 Å². The van der Waals surface area contributed by atoms with Gasteiger partial charge < -0.3 is 10.4 Å². The van der Waals surface area contributed by atoms with Crippen molar-refractivity contribution in [3.05, 3.63) is 35.4 Å². The predicted molar refractivity (Wildman–Crippen MR) is 70.8 cm³/mol. The van der Waals surface area contributed by atoms with Crippen molar-refractivity contribution in [3.8, 4) is 0 Å². The molecular formula is C15H21NO2. The minimum atomic E-state index is 0.0455. The first-order valence-electron chi connectivity index (χ1n) is 6.73. The summed E-state index contributed by atoms with van der Waals surface area (Å²) in [7, 11) is 0. The van der Waals surface area contributed by atoms with Crippen LogP contribution in [-0.4, -0.2) is 11.0 Å². The van der Waals surface area contributed by atoms with Crippen LogP contribution in [0.5, 0.6) is 0 Å². The van der Waals surface area contributed by atoms with E-state index in [-0.39, 0.29) is 12.5 Å². The zero-order valence-corrected chi connectivity index (χ0v) is 10.7. The third-order valence-electron chi connectivity index (χ3n) is 3.61. The molecule has 0 aliphatic heterocycles. The molecule has 0 atom stereocenters. The molecule has 0 unspecified atom stereocenters. The lowest BCUT2D eigenvalue weighted by Crippen LogP contribution is -2.24. The smallest absolute Gasteiger partial charge is 0.220 e.